The van der Waals surface area contributed by atoms with Gasteiger partial charge in [-0.2, -0.15) is 0 Å². The van der Waals surface area contributed by atoms with Crippen molar-refractivity contribution in [1.82, 2.24) is 4.90 Å². The van der Waals surface area contributed by atoms with Crippen molar-refractivity contribution in [2.75, 3.05) is 18.5 Å². The highest BCUT2D eigenvalue weighted by Crippen LogP contribution is 2.24. The first-order valence-corrected chi connectivity index (χ1v) is 9.18. The smallest absolute Gasteiger partial charge is 0.326 e. The third-order valence-electron chi connectivity index (χ3n) is 4.56. The monoisotopic (exact) mass is 394 g/mol. The number of amides is 3. The third-order valence-corrected chi connectivity index (χ3v) is 4.56. The van der Waals surface area contributed by atoms with Gasteiger partial charge in [0.15, 0.2) is 6.61 Å². The van der Waals surface area contributed by atoms with Crippen LogP contribution in [-0.4, -0.2) is 41.7 Å². The highest BCUT2D eigenvalue weighted by atomic mass is 16.5. The Labute approximate surface area is 168 Å². The number of nitrogens with one attached hydrogen (secondary N) is 1. The number of carbonyl (C=O) groups excluding carboxylic acids is 4. The lowest BCUT2D eigenvalue weighted by Crippen LogP contribution is -2.36. The van der Waals surface area contributed by atoms with Crippen molar-refractivity contribution in [2.45, 2.75) is 26.2 Å². The molecular weight excluding hydrogens is 372 g/mol. The topological polar surface area (TPSA) is 92.8 Å². The number of rotatable bonds is 5. The molecule has 1 N–H and O–H groups in total. The second kappa shape index (κ2) is 7.87. The SMILES string of the molecule is CC(C)(C)c1ccc(NC(=O)COC(=O)CN2C(=O)c3ccccc3C2=O)cc1. The molecule has 7 heteroatoms. The van der Waals surface area contributed by atoms with Crippen LogP contribution in [0.3, 0.4) is 0 Å². The summed E-state index contributed by atoms with van der Waals surface area (Å²) in [6, 6.07) is 13.7. The summed E-state index contributed by atoms with van der Waals surface area (Å²) >= 11 is 0. The molecule has 0 aliphatic carbocycles. The van der Waals surface area contributed by atoms with Crippen LogP contribution in [0, 0.1) is 0 Å². The van der Waals surface area contributed by atoms with Crippen molar-refractivity contribution < 1.29 is 23.9 Å². The maximum absolute atomic E-state index is 12.2. The Hall–Kier alpha value is -3.48. The van der Waals surface area contributed by atoms with E-state index in [1.165, 1.54) is 12.1 Å². The van der Waals surface area contributed by atoms with Crippen LogP contribution < -0.4 is 5.32 Å². The van der Waals surface area contributed by atoms with E-state index < -0.39 is 36.8 Å². The molecular formula is C22H22N2O5. The maximum Gasteiger partial charge on any atom is 0.326 e. The number of anilines is 1. The Balaban J connectivity index is 1.50. The van der Waals surface area contributed by atoms with Gasteiger partial charge in [0.05, 0.1) is 11.1 Å². The highest BCUT2D eigenvalue weighted by molar-refractivity contribution is 6.22. The molecule has 0 saturated carbocycles. The number of imide groups is 1. The van der Waals surface area contributed by atoms with Crippen LogP contribution in [0.1, 0.15) is 47.1 Å². The van der Waals surface area contributed by atoms with E-state index in [2.05, 4.69) is 26.1 Å². The summed E-state index contributed by atoms with van der Waals surface area (Å²) in [7, 11) is 0. The Kier molecular flexibility index (Phi) is 5.50. The average Bonchev–Trinajstić information content (AvgIpc) is 2.91. The van der Waals surface area contributed by atoms with Gasteiger partial charge >= 0.3 is 5.97 Å². The van der Waals surface area contributed by atoms with Gasteiger partial charge in [0.25, 0.3) is 17.7 Å². The molecule has 2 aromatic rings. The molecule has 150 valence electrons. The lowest BCUT2D eigenvalue weighted by molar-refractivity contribution is -0.147. The second-order valence-electron chi connectivity index (χ2n) is 7.78. The van der Waals surface area contributed by atoms with Gasteiger partial charge in [-0.1, -0.05) is 45.0 Å². The van der Waals surface area contributed by atoms with Gasteiger partial charge in [-0.15, -0.1) is 0 Å². The Morgan fingerprint density at radius 2 is 1.48 bits per heavy atom. The molecule has 1 heterocycles. The van der Waals surface area contributed by atoms with Crippen LogP contribution in [0.4, 0.5) is 5.69 Å². The van der Waals surface area contributed by atoms with Gasteiger partial charge in [-0.3, -0.25) is 24.1 Å². The van der Waals surface area contributed by atoms with Gasteiger partial charge in [-0.25, -0.2) is 0 Å². The normalized spacial score (nSPS) is 13.3. The maximum atomic E-state index is 12.2. The number of esters is 1. The van der Waals surface area contributed by atoms with E-state index in [1.54, 1.807) is 24.3 Å². The minimum Gasteiger partial charge on any atom is -0.454 e. The number of ether oxygens (including phenoxy) is 1. The molecule has 29 heavy (non-hydrogen) atoms. The molecule has 0 radical (unpaired) electrons. The molecule has 0 spiro atoms. The van der Waals surface area contributed by atoms with Crippen LogP contribution in [0.25, 0.3) is 0 Å². The van der Waals surface area contributed by atoms with Crippen LogP contribution in [0.15, 0.2) is 48.5 Å². The average molecular weight is 394 g/mol. The van der Waals surface area contributed by atoms with Crippen LogP contribution in [0.5, 0.6) is 0 Å². The summed E-state index contributed by atoms with van der Waals surface area (Å²) in [5.41, 5.74) is 2.22. The summed E-state index contributed by atoms with van der Waals surface area (Å²) in [5.74, 6) is -2.45. The molecule has 3 amide bonds. The predicted octanol–water partition coefficient (Wildman–Crippen LogP) is 2.76. The second-order valence-corrected chi connectivity index (χ2v) is 7.78. The minimum absolute atomic E-state index is 0.00215. The standard InChI is InChI=1S/C22H22N2O5/c1-22(2,3)14-8-10-15(11-9-14)23-18(25)13-29-19(26)12-24-20(27)16-6-4-5-7-17(16)21(24)28/h4-11H,12-13H2,1-3H3,(H,23,25). The molecule has 0 atom stereocenters. The number of nitrogens with zero attached hydrogens (tertiary/aromatic N) is 1. The van der Waals surface area contributed by atoms with E-state index in [0.29, 0.717) is 5.69 Å². The summed E-state index contributed by atoms with van der Waals surface area (Å²) < 4.78 is 4.91. The number of hydrogen-bond donors (Lipinski definition) is 1. The van der Waals surface area contributed by atoms with Crippen LogP contribution in [0.2, 0.25) is 0 Å². The van der Waals surface area contributed by atoms with Crippen molar-refractivity contribution >= 4 is 29.4 Å². The van der Waals surface area contributed by atoms with E-state index in [1.807, 2.05) is 12.1 Å². The molecule has 1 aliphatic heterocycles. The predicted molar refractivity (Wildman–Crippen MR) is 107 cm³/mol. The van der Waals surface area contributed by atoms with Gasteiger partial charge < -0.3 is 10.1 Å². The van der Waals surface area contributed by atoms with Gasteiger partial charge in [-0.05, 0) is 35.2 Å². The Morgan fingerprint density at radius 1 is 0.931 bits per heavy atom. The van der Waals surface area contributed by atoms with Crippen molar-refractivity contribution in [3.63, 3.8) is 0 Å². The fourth-order valence-electron chi connectivity index (χ4n) is 2.95. The largest absolute Gasteiger partial charge is 0.454 e. The number of hydrogen-bond acceptors (Lipinski definition) is 5. The first-order valence-electron chi connectivity index (χ1n) is 9.18. The highest BCUT2D eigenvalue weighted by Gasteiger charge is 2.36. The van der Waals surface area contributed by atoms with E-state index in [0.717, 1.165) is 10.5 Å². The van der Waals surface area contributed by atoms with E-state index >= 15 is 0 Å². The molecule has 0 unspecified atom stereocenters. The first-order chi connectivity index (χ1) is 13.7. The molecule has 0 fully saturated rings. The first kappa shape index (κ1) is 20.3. The van der Waals surface area contributed by atoms with Crippen molar-refractivity contribution in [3.05, 3.63) is 65.2 Å². The molecule has 0 bridgehead atoms. The van der Waals surface area contributed by atoms with Crippen molar-refractivity contribution in [3.8, 4) is 0 Å². The molecule has 7 nitrogen and oxygen atoms in total. The molecule has 3 rings (SSSR count). The fraction of sp³-hybridized carbons (Fsp3) is 0.273. The van der Waals surface area contributed by atoms with Crippen molar-refractivity contribution in [1.29, 1.82) is 0 Å². The lowest BCUT2D eigenvalue weighted by Gasteiger charge is -2.19. The van der Waals surface area contributed by atoms with E-state index in [9.17, 15) is 19.2 Å². The van der Waals surface area contributed by atoms with E-state index in [4.69, 9.17) is 4.74 Å². The molecule has 2 aromatic carbocycles. The zero-order valence-electron chi connectivity index (χ0n) is 16.5. The quantitative estimate of drug-likeness (QED) is 0.622. The van der Waals surface area contributed by atoms with Crippen molar-refractivity contribution in [2.24, 2.45) is 0 Å². The minimum atomic E-state index is -0.835. The summed E-state index contributed by atoms with van der Waals surface area (Å²) in [6.07, 6.45) is 0. The Morgan fingerprint density at radius 3 is 2.00 bits per heavy atom. The van der Waals surface area contributed by atoms with Crippen LogP contribution >= 0.6 is 0 Å². The number of benzene rings is 2. The Bertz CT molecular complexity index is 938. The van der Waals surface area contributed by atoms with Gasteiger partial charge in [0.2, 0.25) is 0 Å². The fourth-order valence-corrected chi connectivity index (χ4v) is 2.95. The van der Waals surface area contributed by atoms with Crippen LogP contribution in [-0.2, 0) is 19.7 Å². The number of fused-ring (bicyclic) bond motifs is 1. The molecule has 0 aromatic heterocycles. The zero-order valence-corrected chi connectivity index (χ0v) is 16.5. The molecule has 0 saturated heterocycles. The number of carbonyl (C=O) groups is 4. The third kappa shape index (κ3) is 4.51. The summed E-state index contributed by atoms with van der Waals surface area (Å²) in [5, 5.41) is 2.64. The lowest BCUT2D eigenvalue weighted by atomic mass is 9.87. The van der Waals surface area contributed by atoms with Gasteiger partial charge in [0.1, 0.15) is 6.54 Å². The summed E-state index contributed by atoms with van der Waals surface area (Å²) in [4.78, 5) is 49.3. The van der Waals surface area contributed by atoms with Gasteiger partial charge in [0, 0.05) is 5.69 Å². The molecule has 1 aliphatic rings. The zero-order chi connectivity index (χ0) is 21.2. The summed E-state index contributed by atoms with van der Waals surface area (Å²) in [6.45, 7) is 5.22. The van der Waals surface area contributed by atoms with E-state index in [-0.39, 0.29) is 16.5 Å².